The number of piperidine rings is 1. The smallest absolute Gasteiger partial charge is 0.416 e. The van der Waals surface area contributed by atoms with Gasteiger partial charge in [0.05, 0.1) is 10.6 Å². The van der Waals surface area contributed by atoms with Crippen molar-refractivity contribution in [3.05, 3.63) is 71.0 Å². The Morgan fingerprint density at radius 3 is 2.43 bits per heavy atom. The highest BCUT2D eigenvalue weighted by Gasteiger charge is 2.30. The Labute approximate surface area is 184 Å². The standard InChI is InChI=1S/C22H20ClF3N2O.ClH/c23-21-12-19(11-16-5-8-27-13-20(16)21)29-18-6-9-28(10-7-18)14-15-1-3-17(4-2-15)22(24,25)26;/h1-5,8,11-13,18H,6-7,9-10,14H2;1H. The first-order chi connectivity index (χ1) is 13.9. The van der Waals surface area contributed by atoms with Crippen molar-refractivity contribution in [2.24, 2.45) is 0 Å². The normalized spacial score (nSPS) is 15.7. The Kier molecular flexibility index (Phi) is 7.11. The van der Waals surface area contributed by atoms with Crippen LogP contribution in [-0.2, 0) is 12.7 Å². The molecule has 160 valence electrons. The Hall–Kier alpha value is -2.02. The van der Waals surface area contributed by atoms with Gasteiger partial charge in [0.15, 0.2) is 0 Å². The van der Waals surface area contributed by atoms with E-state index in [9.17, 15) is 13.2 Å². The van der Waals surface area contributed by atoms with Crippen LogP contribution >= 0.6 is 24.0 Å². The van der Waals surface area contributed by atoms with Crippen molar-refractivity contribution in [1.82, 2.24) is 9.88 Å². The maximum absolute atomic E-state index is 12.7. The van der Waals surface area contributed by atoms with Crippen molar-refractivity contribution in [2.45, 2.75) is 31.7 Å². The van der Waals surface area contributed by atoms with E-state index in [0.29, 0.717) is 11.6 Å². The highest BCUT2D eigenvalue weighted by atomic mass is 35.5. The first-order valence-electron chi connectivity index (χ1n) is 9.47. The molecule has 1 saturated heterocycles. The lowest BCUT2D eigenvalue weighted by Crippen LogP contribution is -2.37. The van der Waals surface area contributed by atoms with Gasteiger partial charge in [0.25, 0.3) is 0 Å². The number of pyridine rings is 1. The molecule has 0 radical (unpaired) electrons. The van der Waals surface area contributed by atoms with Crippen LogP contribution < -0.4 is 4.74 Å². The van der Waals surface area contributed by atoms with Crippen LogP contribution in [0, 0.1) is 0 Å². The Morgan fingerprint density at radius 2 is 1.77 bits per heavy atom. The summed E-state index contributed by atoms with van der Waals surface area (Å²) in [5.74, 6) is 0.745. The average Bonchev–Trinajstić information content (AvgIpc) is 2.69. The second-order valence-corrected chi connectivity index (χ2v) is 7.70. The highest BCUT2D eigenvalue weighted by molar-refractivity contribution is 6.35. The zero-order valence-corrected chi connectivity index (χ0v) is 17.6. The summed E-state index contributed by atoms with van der Waals surface area (Å²) in [5, 5.41) is 2.50. The first kappa shape index (κ1) is 22.7. The lowest BCUT2D eigenvalue weighted by Gasteiger charge is -2.32. The predicted molar refractivity (Wildman–Crippen MR) is 114 cm³/mol. The van der Waals surface area contributed by atoms with Gasteiger partial charge < -0.3 is 4.74 Å². The summed E-state index contributed by atoms with van der Waals surface area (Å²) in [4.78, 5) is 6.33. The molecule has 4 rings (SSSR count). The molecule has 30 heavy (non-hydrogen) atoms. The number of fused-ring (bicyclic) bond motifs is 1. The summed E-state index contributed by atoms with van der Waals surface area (Å²) >= 11 is 6.33. The van der Waals surface area contributed by atoms with Gasteiger partial charge in [-0.15, -0.1) is 12.4 Å². The largest absolute Gasteiger partial charge is 0.490 e. The molecule has 2 aromatic carbocycles. The van der Waals surface area contributed by atoms with E-state index in [2.05, 4.69) is 9.88 Å². The fourth-order valence-electron chi connectivity index (χ4n) is 3.63. The molecule has 0 N–H and O–H groups in total. The van der Waals surface area contributed by atoms with Crippen molar-refractivity contribution in [2.75, 3.05) is 13.1 Å². The fourth-order valence-corrected chi connectivity index (χ4v) is 3.90. The summed E-state index contributed by atoms with van der Waals surface area (Å²) in [6.45, 7) is 2.30. The van der Waals surface area contributed by atoms with Crippen LogP contribution in [0.3, 0.4) is 0 Å². The summed E-state index contributed by atoms with van der Waals surface area (Å²) in [5.41, 5.74) is 0.269. The summed E-state index contributed by atoms with van der Waals surface area (Å²) in [6, 6.07) is 11.1. The number of nitrogens with zero attached hydrogens (tertiary/aromatic N) is 2. The molecular formula is C22H21Cl2F3N2O. The number of halogens is 5. The maximum Gasteiger partial charge on any atom is 0.416 e. The molecule has 0 amide bonds. The summed E-state index contributed by atoms with van der Waals surface area (Å²) in [7, 11) is 0. The van der Waals surface area contributed by atoms with E-state index in [-0.39, 0.29) is 18.5 Å². The van der Waals surface area contributed by atoms with Crippen LogP contribution in [0.5, 0.6) is 5.75 Å². The monoisotopic (exact) mass is 456 g/mol. The molecule has 0 atom stereocenters. The minimum Gasteiger partial charge on any atom is -0.490 e. The molecule has 0 bridgehead atoms. The first-order valence-corrected chi connectivity index (χ1v) is 9.85. The van der Waals surface area contributed by atoms with Crippen molar-refractivity contribution in [3.63, 3.8) is 0 Å². The van der Waals surface area contributed by atoms with Gasteiger partial charge in [0, 0.05) is 37.4 Å². The number of ether oxygens (including phenoxy) is 1. The van der Waals surface area contributed by atoms with E-state index >= 15 is 0 Å². The van der Waals surface area contributed by atoms with Crippen LogP contribution in [0.4, 0.5) is 13.2 Å². The molecule has 3 aromatic rings. The molecule has 0 unspecified atom stereocenters. The van der Waals surface area contributed by atoms with E-state index in [1.54, 1.807) is 24.5 Å². The summed E-state index contributed by atoms with van der Waals surface area (Å²) in [6.07, 6.45) is 0.966. The maximum atomic E-state index is 12.7. The molecule has 1 aromatic heterocycles. The molecule has 1 aliphatic heterocycles. The van der Waals surface area contributed by atoms with Gasteiger partial charge in [-0.3, -0.25) is 9.88 Å². The van der Waals surface area contributed by atoms with Gasteiger partial charge in [-0.25, -0.2) is 0 Å². The molecule has 0 spiro atoms. The summed E-state index contributed by atoms with van der Waals surface area (Å²) < 4.78 is 44.2. The third-order valence-corrected chi connectivity index (χ3v) is 5.52. The SMILES string of the molecule is Cl.FC(F)(F)c1ccc(CN2CCC(Oc3cc(Cl)c4cnccc4c3)CC2)cc1. The minimum atomic E-state index is -4.30. The third kappa shape index (κ3) is 5.36. The predicted octanol–water partition coefficient (Wildman–Crippen LogP) is 6.37. The Bertz CT molecular complexity index is 988. The van der Waals surface area contributed by atoms with Crippen LogP contribution in [0.15, 0.2) is 54.9 Å². The van der Waals surface area contributed by atoms with Gasteiger partial charge in [-0.2, -0.15) is 13.2 Å². The Morgan fingerprint density at radius 1 is 1.07 bits per heavy atom. The lowest BCUT2D eigenvalue weighted by molar-refractivity contribution is -0.137. The van der Waals surface area contributed by atoms with E-state index in [1.807, 2.05) is 18.2 Å². The number of rotatable bonds is 4. The number of alkyl halides is 3. The van der Waals surface area contributed by atoms with Crippen LogP contribution in [0.25, 0.3) is 10.8 Å². The topological polar surface area (TPSA) is 25.4 Å². The lowest BCUT2D eigenvalue weighted by atomic mass is 10.1. The van der Waals surface area contributed by atoms with Crippen molar-refractivity contribution in [3.8, 4) is 5.75 Å². The van der Waals surface area contributed by atoms with E-state index in [4.69, 9.17) is 16.3 Å². The van der Waals surface area contributed by atoms with Gasteiger partial charge in [0.2, 0.25) is 0 Å². The molecule has 1 aliphatic rings. The number of hydrogen-bond acceptors (Lipinski definition) is 3. The molecular weight excluding hydrogens is 436 g/mol. The molecule has 2 heterocycles. The van der Waals surface area contributed by atoms with E-state index < -0.39 is 11.7 Å². The number of hydrogen-bond donors (Lipinski definition) is 0. The number of benzene rings is 2. The van der Waals surface area contributed by atoms with Crippen molar-refractivity contribution in [1.29, 1.82) is 0 Å². The second-order valence-electron chi connectivity index (χ2n) is 7.29. The highest BCUT2D eigenvalue weighted by Crippen LogP contribution is 2.31. The van der Waals surface area contributed by atoms with Crippen LogP contribution in [0.1, 0.15) is 24.0 Å². The van der Waals surface area contributed by atoms with Crippen LogP contribution in [-0.4, -0.2) is 29.1 Å². The quantitative estimate of drug-likeness (QED) is 0.455. The van der Waals surface area contributed by atoms with E-state index in [0.717, 1.165) is 60.1 Å². The molecule has 3 nitrogen and oxygen atoms in total. The van der Waals surface area contributed by atoms with Gasteiger partial charge in [-0.05, 0) is 54.1 Å². The molecule has 1 fully saturated rings. The van der Waals surface area contributed by atoms with Gasteiger partial charge in [-0.1, -0.05) is 23.7 Å². The molecule has 0 saturated carbocycles. The minimum absolute atomic E-state index is 0. The van der Waals surface area contributed by atoms with E-state index in [1.165, 1.54) is 0 Å². The van der Waals surface area contributed by atoms with Crippen LogP contribution in [0.2, 0.25) is 5.02 Å². The van der Waals surface area contributed by atoms with Crippen molar-refractivity contribution >= 4 is 34.8 Å². The zero-order chi connectivity index (χ0) is 20.4. The zero-order valence-electron chi connectivity index (χ0n) is 16.0. The van der Waals surface area contributed by atoms with Gasteiger partial charge >= 0.3 is 6.18 Å². The fraction of sp³-hybridized carbons (Fsp3) is 0.318. The molecule has 0 aliphatic carbocycles. The Balaban J connectivity index is 0.00000256. The molecule has 8 heteroatoms. The third-order valence-electron chi connectivity index (χ3n) is 5.20. The average molecular weight is 457 g/mol. The van der Waals surface area contributed by atoms with Crippen molar-refractivity contribution < 1.29 is 17.9 Å². The van der Waals surface area contributed by atoms with Gasteiger partial charge in [0.1, 0.15) is 11.9 Å². The second kappa shape index (κ2) is 9.41. The number of aromatic nitrogens is 1. The number of likely N-dealkylation sites (tertiary alicyclic amines) is 1.